The van der Waals surface area contributed by atoms with Crippen molar-refractivity contribution in [2.24, 2.45) is 40.4 Å². The normalized spacial score (nSPS) is 57.4. The van der Waals surface area contributed by atoms with Crippen molar-refractivity contribution in [3.05, 3.63) is 0 Å². The molecule has 0 spiro atoms. The summed E-state index contributed by atoms with van der Waals surface area (Å²) in [7, 11) is 0. The summed E-state index contributed by atoms with van der Waals surface area (Å²) in [6.07, 6.45) is 10.9. The lowest BCUT2D eigenvalue weighted by Crippen LogP contribution is -2.53. The monoisotopic (exact) mass is 301 g/mol. The lowest BCUT2D eigenvalue weighted by atomic mass is 9.45. The Hall–Kier alpha value is -0.550. The van der Waals surface area contributed by atoms with Gasteiger partial charge in [0.25, 0.3) is 0 Å². The zero-order chi connectivity index (χ0) is 15.5. The number of hydrogen-bond acceptors (Lipinski definition) is 2. The van der Waals surface area contributed by atoms with Gasteiger partial charge in [-0.15, -0.1) is 0 Å². The maximum Gasteiger partial charge on any atom is 0.0661 e. The number of nitrogens with zero attached hydrogens (tertiary/aromatic N) is 1. The lowest BCUT2D eigenvalue weighted by Gasteiger charge is -2.60. The van der Waals surface area contributed by atoms with Crippen LogP contribution >= 0.6 is 0 Å². The Kier molecular flexibility index (Phi) is 3.39. The van der Waals surface area contributed by atoms with Crippen molar-refractivity contribution in [1.29, 1.82) is 5.26 Å². The first-order valence-corrected chi connectivity index (χ1v) is 9.56. The maximum absolute atomic E-state index is 10.1. The van der Waals surface area contributed by atoms with E-state index in [4.69, 9.17) is 0 Å². The van der Waals surface area contributed by atoms with Crippen LogP contribution in [-0.4, -0.2) is 11.2 Å². The molecule has 0 amide bonds. The average molecular weight is 301 g/mol. The molecule has 8 atom stereocenters. The number of aliphatic hydroxyl groups is 1. The molecule has 4 aliphatic carbocycles. The van der Waals surface area contributed by atoms with Crippen LogP contribution in [0.4, 0.5) is 0 Å². The van der Waals surface area contributed by atoms with Gasteiger partial charge in [-0.05, 0) is 92.3 Å². The second-order valence-electron chi connectivity index (χ2n) is 9.39. The first-order chi connectivity index (χ1) is 10.5. The van der Waals surface area contributed by atoms with Gasteiger partial charge in [0, 0.05) is 0 Å². The van der Waals surface area contributed by atoms with Crippen LogP contribution in [0.1, 0.15) is 71.6 Å². The van der Waals surface area contributed by atoms with Crippen molar-refractivity contribution >= 4 is 0 Å². The molecule has 4 aliphatic rings. The van der Waals surface area contributed by atoms with Crippen LogP contribution in [0.2, 0.25) is 0 Å². The highest BCUT2D eigenvalue weighted by atomic mass is 16.3. The summed E-state index contributed by atoms with van der Waals surface area (Å²) in [5, 5.41) is 19.6. The lowest BCUT2D eigenvalue weighted by molar-refractivity contribution is -0.124. The summed E-state index contributed by atoms with van der Waals surface area (Å²) < 4.78 is 0. The minimum atomic E-state index is -0.0436. The van der Waals surface area contributed by atoms with E-state index in [1.807, 2.05) is 0 Å². The zero-order valence-corrected chi connectivity index (χ0v) is 14.2. The van der Waals surface area contributed by atoms with Crippen molar-refractivity contribution in [2.45, 2.75) is 77.7 Å². The molecular weight excluding hydrogens is 270 g/mol. The molecule has 0 aromatic carbocycles. The third-order valence-corrected chi connectivity index (χ3v) is 8.79. The van der Waals surface area contributed by atoms with Gasteiger partial charge < -0.3 is 5.11 Å². The molecule has 0 aromatic heterocycles. The fourth-order valence-electron chi connectivity index (χ4n) is 7.45. The molecule has 0 radical (unpaired) electrons. The van der Waals surface area contributed by atoms with Crippen LogP contribution in [0.3, 0.4) is 0 Å². The highest BCUT2D eigenvalue weighted by Gasteiger charge is 2.60. The quantitative estimate of drug-likeness (QED) is 0.714. The Morgan fingerprint density at radius 1 is 0.909 bits per heavy atom. The molecule has 1 N–H and O–H groups in total. The molecule has 0 aromatic rings. The standard InChI is InChI=1S/C20H31NO/c1-19-9-7-15(22)11-13(19)3-5-16-17-6-4-14(12-21)20(17,2)10-8-18(16)19/h13-18,22H,3-11H2,1-2H3/t13-,14+,15+,16-,17-,18-,19-,20+/m0/s1. The highest BCUT2D eigenvalue weighted by molar-refractivity contribution is 5.12. The topological polar surface area (TPSA) is 44.0 Å². The average Bonchev–Trinajstić information content (AvgIpc) is 2.84. The minimum Gasteiger partial charge on any atom is -0.393 e. The number of fused-ring (bicyclic) bond motifs is 5. The second-order valence-corrected chi connectivity index (χ2v) is 9.39. The second kappa shape index (κ2) is 4.97. The molecule has 2 heteroatoms. The molecule has 0 bridgehead atoms. The van der Waals surface area contributed by atoms with Gasteiger partial charge in [0.05, 0.1) is 18.1 Å². The number of aliphatic hydroxyl groups excluding tert-OH is 1. The molecular formula is C20H31NO. The molecule has 4 rings (SSSR count). The van der Waals surface area contributed by atoms with Crippen molar-refractivity contribution in [2.75, 3.05) is 0 Å². The van der Waals surface area contributed by atoms with Crippen molar-refractivity contribution in [3.63, 3.8) is 0 Å². The predicted molar refractivity (Wildman–Crippen MR) is 86.8 cm³/mol. The molecule has 0 heterocycles. The summed E-state index contributed by atoms with van der Waals surface area (Å²) in [5.41, 5.74) is 0.765. The van der Waals surface area contributed by atoms with Crippen LogP contribution in [0, 0.1) is 51.8 Å². The van der Waals surface area contributed by atoms with Gasteiger partial charge >= 0.3 is 0 Å². The van der Waals surface area contributed by atoms with E-state index in [-0.39, 0.29) is 6.10 Å². The van der Waals surface area contributed by atoms with Gasteiger partial charge in [-0.25, -0.2) is 0 Å². The van der Waals surface area contributed by atoms with E-state index in [2.05, 4.69) is 19.9 Å². The van der Waals surface area contributed by atoms with E-state index >= 15 is 0 Å². The van der Waals surface area contributed by atoms with Gasteiger partial charge in [-0.3, -0.25) is 0 Å². The van der Waals surface area contributed by atoms with Crippen molar-refractivity contribution in [3.8, 4) is 6.07 Å². The SMILES string of the molecule is C[C@]12CC[C@@H](O)C[C@@H]1CC[C@@H]1[C@@H]2CC[C@]2(C)[C@@H](C#N)CC[C@@H]12. The summed E-state index contributed by atoms with van der Waals surface area (Å²) >= 11 is 0. The molecule has 0 aliphatic heterocycles. The fraction of sp³-hybridized carbons (Fsp3) is 0.950. The van der Waals surface area contributed by atoms with E-state index in [0.717, 1.165) is 42.9 Å². The van der Waals surface area contributed by atoms with Crippen LogP contribution in [0.5, 0.6) is 0 Å². The molecule has 2 nitrogen and oxygen atoms in total. The molecule has 22 heavy (non-hydrogen) atoms. The van der Waals surface area contributed by atoms with Gasteiger partial charge in [0.1, 0.15) is 0 Å². The highest BCUT2D eigenvalue weighted by Crippen LogP contribution is 2.67. The van der Waals surface area contributed by atoms with E-state index in [9.17, 15) is 10.4 Å². The first-order valence-electron chi connectivity index (χ1n) is 9.56. The summed E-state index contributed by atoms with van der Waals surface area (Å²) in [6, 6.07) is 2.64. The van der Waals surface area contributed by atoms with E-state index in [1.165, 1.54) is 38.5 Å². The minimum absolute atomic E-state index is 0.0436. The third-order valence-electron chi connectivity index (χ3n) is 8.79. The fourth-order valence-corrected chi connectivity index (χ4v) is 7.45. The van der Waals surface area contributed by atoms with Gasteiger partial charge in [0.15, 0.2) is 0 Å². The Balaban J connectivity index is 1.62. The largest absolute Gasteiger partial charge is 0.393 e. The maximum atomic E-state index is 10.1. The molecule has 122 valence electrons. The smallest absolute Gasteiger partial charge is 0.0661 e. The van der Waals surface area contributed by atoms with Crippen LogP contribution in [0.15, 0.2) is 0 Å². The third kappa shape index (κ3) is 1.87. The van der Waals surface area contributed by atoms with E-state index in [1.54, 1.807) is 0 Å². The molecule has 0 unspecified atom stereocenters. The Morgan fingerprint density at radius 3 is 2.41 bits per heavy atom. The predicted octanol–water partition coefficient (Wildman–Crippen LogP) is 4.53. The Bertz CT molecular complexity index is 496. The Morgan fingerprint density at radius 2 is 1.64 bits per heavy atom. The number of hydrogen-bond donors (Lipinski definition) is 1. The number of nitriles is 1. The first kappa shape index (κ1) is 15.0. The molecule has 4 saturated carbocycles. The van der Waals surface area contributed by atoms with Crippen molar-refractivity contribution < 1.29 is 5.11 Å². The van der Waals surface area contributed by atoms with Gasteiger partial charge in [-0.1, -0.05) is 13.8 Å². The summed E-state index contributed by atoms with van der Waals surface area (Å²) in [6.45, 7) is 4.97. The van der Waals surface area contributed by atoms with Crippen LogP contribution < -0.4 is 0 Å². The zero-order valence-electron chi connectivity index (χ0n) is 14.2. The number of rotatable bonds is 0. The van der Waals surface area contributed by atoms with Crippen LogP contribution in [0.25, 0.3) is 0 Å². The summed E-state index contributed by atoms with van der Waals surface area (Å²) in [5.74, 6) is 3.55. The molecule has 4 fully saturated rings. The van der Waals surface area contributed by atoms with Crippen molar-refractivity contribution in [1.82, 2.24) is 0 Å². The van der Waals surface area contributed by atoms with Crippen LogP contribution in [-0.2, 0) is 0 Å². The van der Waals surface area contributed by atoms with E-state index < -0.39 is 0 Å². The molecule has 0 saturated heterocycles. The summed E-state index contributed by atoms with van der Waals surface area (Å²) in [4.78, 5) is 0. The van der Waals surface area contributed by atoms with Gasteiger partial charge in [-0.2, -0.15) is 5.26 Å². The van der Waals surface area contributed by atoms with Gasteiger partial charge in [0.2, 0.25) is 0 Å². The van der Waals surface area contributed by atoms with E-state index in [0.29, 0.717) is 16.7 Å². The Labute approximate surface area is 135 Å².